The van der Waals surface area contributed by atoms with Crippen LogP contribution >= 0.6 is 0 Å². The standard InChI is InChI=1S/C14H16N2O3/c1-15-8-14(5-6-14)12(17)9-3-4-10-11(7-9)19-13(18)16(10)2/h3-4,7,15H,5-6,8H2,1-2H3. The van der Waals surface area contributed by atoms with Crippen LogP contribution in [0.4, 0.5) is 0 Å². The number of fused-ring (bicyclic) bond motifs is 1. The first-order valence-corrected chi connectivity index (χ1v) is 6.36. The van der Waals surface area contributed by atoms with Crippen LogP contribution in [-0.4, -0.2) is 23.9 Å². The minimum Gasteiger partial charge on any atom is -0.408 e. The molecule has 19 heavy (non-hydrogen) atoms. The monoisotopic (exact) mass is 260 g/mol. The summed E-state index contributed by atoms with van der Waals surface area (Å²) in [6.07, 6.45) is 1.84. The molecule has 1 heterocycles. The van der Waals surface area contributed by atoms with Gasteiger partial charge in [-0.15, -0.1) is 0 Å². The Morgan fingerprint density at radius 2 is 2.21 bits per heavy atom. The molecule has 0 spiro atoms. The Morgan fingerprint density at radius 1 is 1.47 bits per heavy atom. The Balaban J connectivity index is 2.02. The lowest BCUT2D eigenvalue weighted by Crippen LogP contribution is -2.27. The zero-order valence-corrected chi connectivity index (χ0v) is 11.0. The van der Waals surface area contributed by atoms with E-state index in [-0.39, 0.29) is 11.2 Å². The molecule has 0 saturated heterocycles. The third-order valence-electron chi connectivity index (χ3n) is 3.90. The van der Waals surface area contributed by atoms with Gasteiger partial charge in [0.1, 0.15) is 0 Å². The van der Waals surface area contributed by atoms with Gasteiger partial charge in [0.05, 0.1) is 5.52 Å². The van der Waals surface area contributed by atoms with Crippen LogP contribution in [0.2, 0.25) is 0 Å². The second-order valence-corrected chi connectivity index (χ2v) is 5.25. The quantitative estimate of drug-likeness (QED) is 0.842. The molecule has 0 unspecified atom stereocenters. The van der Waals surface area contributed by atoms with E-state index in [9.17, 15) is 9.59 Å². The number of benzene rings is 1. The van der Waals surface area contributed by atoms with Crippen molar-refractivity contribution in [3.8, 4) is 0 Å². The lowest BCUT2D eigenvalue weighted by atomic mass is 9.94. The Labute approximate surface area is 110 Å². The molecule has 2 aromatic rings. The molecule has 1 aromatic carbocycles. The van der Waals surface area contributed by atoms with Crippen molar-refractivity contribution in [1.29, 1.82) is 0 Å². The fraction of sp³-hybridized carbons (Fsp3) is 0.429. The van der Waals surface area contributed by atoms with Crippen molar-refractivity contribution in [2.45, 2.75) is 12.8 Å². The first-order chi connectivity index (χ1) is 9.07. The number of carbonyl (C=O) groups is 1. The van der Waals surface area contributed by atoms with Crippen molar-refractivity contribution < 1.29 is 9.21 Å². The highest BCUT2D eigenvalue weighted by Gasteiger charge is 2.49. The molecule has 1 aliphatic rings. The van der Waals surface area contributed by atoms with E-state index in [1.165, 1.54) is 4.57 Å². The van der Waals surface area contributed by atoms with Crippen molar-refractivity contribution >= 4 is 16.9 Å². The van der Waals surface area contributed by atoms with Crippen LogP contribution in [0.1, 0.15) is 23.2 Å². The molecule has 1 aromatic heterocycles. The summed E-state index contributed by atoms with van der Waals surface area (Å²) in [5.41, 5.74) is 1.55. The minimum atomic E-state index is -0.407. The third-order valence-corrected chi connectivity index (χ3v) is 3.90. The van der Waals surface area contributed by atoms with Crippen LogP contribution in [-0.2, 0) is 7.05 Å². The van der Waals surface area contributed by atoms with Crippen LogP contribution in [0.5, 0.6) is 0 Å². The first-order valence-electron chi connectivity index (χ1n) is 6.36. The molecule has 100 valence electrons. The normalized spacial score (nSPS) is 16.7. The Morgan fingerprint density at radius 3 is 2.84 bits per heavy atom. The minimum absolute atomic E-state index is 0.134. The second kappa shape index (κ2) is 4.06. The maximum atomic E-state index is 12.5. The molecule has 0 radical (unpaired) electrons. The molecule has 1 N–H and O–H groups in total. The number of carbonyl (C=O) groups excluding carboxylic acids is 1. The topological polar surface area (TPSA) is 64.2 Å². The SMILES string of the molecule is CNCC1(C(=O)c2ccc3c(c2)oc(=O)n3C)CC1. The molecule has 3 rings (SSSR count). The zero-order valence-electron chi connectivity index (χ0n) is 11.0. The highest BCUT2D eigenvalue weighted by Crippen LogP contribution is 2.47. The lowest BCUT2D eigenvalue weighted by molar-refractivity contribution is 0.0900. The molecule has 0 bridgehead atoms. The number of aryl methyl sites for hydroxylation is 1. The Kier molecular flexibility index (Phi) is 2.60. The molecule has 1 aliphatic carbocycles. The number of hydrogen-bond donors (Lipinski definition) is 1. The van der Waals surface area contributed by atoms with Gasteiger partial charge in [-0.1, -0.05) is 0 Å². The summed E-state index contributed by atoms with van der Waals surface area (Å²) >= 11 is 0. The van der Waals surface area contributed by atoms with Gasteiger partial charge in [0.2, 0.25) is 0 Å². The van der Waals surface area contributed by atoms with E-state index in [1.54, 1.807) is 25.2 Å². The number of nitrogens with zero attached hydrogens (tertiary/aromatic N) is 1. The first kappa shape index (κ1) is 12.2. The zero-order chi connectivity index (χ0) is 13.6. The van der Waals surface area contributed by atoms with Crippen LogP contribution in [0, 0.1) is 5.41 Å². The predicted octanol–water partition coefficient (Wildman–Crippen LogP) is 1.31. The van der Waals surface area contributed by atoms with Gasteiger partial charge in [-0.05, 0) is 38.1 Å². The van der Waals surface area contributed by atoms with Gasteiger partial charge >= 0.3 is 5.76 Å². The second-order valence-electron chi connectivity index (χ2n) is 5.25. The van der Waals surface area contributed by atoms with E-state index < -0.39 is 5.76 Å². The summed E-state index contributed by atoms with van der Waals surface area (Å²) in [7, 11) is 3.51. The van der Waals surface area contributed by atoms with Crippen molar-refractivity contribution in [2.24, 2.45) is 12.5 Å². The summed E-state index contributed by atoms with van der Waals surface area (Å²) in [6.45, 7) is 0.697. The van der Waals surface area contributed by atoms with Gasteiger partial charge in [0.25, 0.3) is 0 Å². The Hall–Kier alpha value is -1.88. The van der Waals surface area contributed by atoms with Crippen LogP contribution in [0.25, 0.3) is 11.1 Å². The number of ketones is 1. The van der Waals surface area contributed by atoms with E-state index >= 15 is 0 Å². The highest BCUT2D eigenvalue weighted by atomic mass is 16.4. The molecular weight excluding hydrogens is 244 g/mol. The maximum absolute atomic E-state index is 12.5. The van der Waals surface area contributed by atoms with Crippen molar-refractivity contribution in [1.82, 2.24) is 9.88 Å². The molecule has 1 fully saturated rings. The van der Waals surface area contributed by atoms with Crippen molar-refractivity contribution in [3.05, 3.63) is 34.3 Å². The van der Waals surface area contributed by atoms with Gasteiger partial charge < -0.3 is 9.73 Å². The number of hydrogen-bond acceptors (Lipinski definition) is 4. The predicted molar refractivity (Wildman–Crippen MR) is 71.4 cm³/mol. The van der Waals surface area contributed by atoms with E-state index in [4.69, 9.17) is 4.42 Å². The number of Topliss-reactive ketones (excluding diaryl/α,β-unsaturated/α-hetero) is 1. The average molecular weight is 260 g/mol. The van der Waals surface area contributed by atoms with Crippen LogP contribution in [0.3, 0.4) is 0 Å². The largest absolute Gasteiger partial charge is 0.419 e. The molecule has 5 nitrogen and oxygen atoms in total. The van der Waals surface area contributed by atoms with Gasteiger partial charge in [-0.2, -0.15) is 0 Å². The van der Waals surface area contributed by atoms with Gasteiger partial charge in [0.15, 0.2) is 11.4 Å². The fourth-order valence-corrected chi connectivity index (χ4v) is 2.55. The molecule has 0 amide bonds. The lowest BCUT2D eigenvalue weighted by Gasteiger charge is -2.12. The molecule has 0 atom stereocenters. The van der Waals surface area contributed by atoms with Gasteiger partial charge in [0, 0.05) is 24.6 Å². The van der Waals surface area contributed by atoms with Crippen molar-refractivity contribution in [2.75, 3.05) is 13.6 Å². The summed E-state index contributed by atoms with van der Waals surface area (Å²) in [5.74, 6) is -0.272. The van der Waals surface area contributed by atoms with Crippen LogP contribution < -0.4 is 11.1 Å². The van der Waals surface area contributed by atoms with E-state index in [1.807, 2.05) is 7.05 Å². The van der Waals surface area contributed by atoms with E-state index in [0.29, 0.717) is 23.2 Å². The summed E-state index contributed by atoms with van der Waals surface area (Å²) in [6, 6.07) is 5.22. The molecule has 1 saturated carbocycles. The Bertz CT molecular complexity index is 707. The molecule has 5 heteroatoms. The summed E-state index contributed by atoms with van der Waals surface area (Å²) in [5, 5.41) is 3.07. The van der Waals surface area contributed by atoms with Crippen molar-refractivity contribution in [3.63, 3.8) is 0 Å². The maximum Gasteiger partial charge on any atom is 0.419 e. The smallest absolute Gasteiger partial charge is 0.408 e. The summed E-state index contributed by atoms with van der Waals surface area (Å²) < 4.78 is 6.56. The number of nitrogens with one attached hydrogen (secondary N) is 1. The van der Waals surface area contributed by atoms with E-state index in [2.05, 4.69) is 5.32 Å². The number of aromatic nitrogens is 1. The van der Waals surface area contributed by atoms with Gasteiger partial charge in [-0.25, -0.2) is 4.79 Å². The number of rotatable bonds is 4. The fourth-order valence-electron chi connectivity index (χ4n) is 2.55. The molecular formula is C14H16N2O3. The number of oxazole rings is 1. The summed E-state index contributed by atoms with van der Waals surface area (Å²) in [4.78, 5) is 23.9. The van der Waals surface area contributed by atoms with E-state index in [0.717, 1.165) is 12.8 Å². The third kappa shape index (κ3) is 1.81. The highest BCUT2D eigenvalue weighted by molar-refractivity contribution is 6.04. The van der Waals surface area contributed by atoms with Gasteiger partial charge in [-0.3, -0.25) is 9.36 Å². The average Bonchev–Trinajstić information content (AvgIpc) is 3.12. The molecule has 0 aliphatic heterocycles. The van der Waals surface area contributed by atoms with Crippen LogP contribution in [0.15, 0.2) is 27.4 Å².